The van der Waals surface area contributed by atoms with Gasteiger partial charge in [0.15, 0.2) is 11.5 Å². The number of carbonyl (C=O) groups is 1. The maximum Gasteiger partial charge on any atom is 0.197 e. The summed E-state index contributed by atoms with van der Waals surface area (Å²) >= 11 is 0. The lowest BCUT2D eigenvalue weighted by atomic mass is 10.2. The number of rotatable bonds is 3. The standard InChI is InChI=1S/C15H12N2O2/c1-10(18)15-14(17-11-5-3-2-4-6-11)12-9-16-8-7-13(12)19-15/h2-9,17H,1H3. The number of nitrogens with zero attached hydrogens (tertiary/aromatic N) is 1. The number of pyridine rings is 1. The molecule has 0 aliphatic carbocycles. The Hall–Kier alpha value is -2.62. The van der Waals surface area contributed by atoms with Crippen LogP contribution in [-0.2, 0) is 0 Å². The Morgan fingerprint density at radius 1 is 1.21 bits per heavy atom. The summed E-state index contributed by atoms with van der Waals surface area (Å²) in [5.41, 5.74) is 2.22. The summed E-state index contributed by atoms with van der Waals surface area (Å²) in [6.45, 7) is 1.49. The molecule has 1 aromatic carbocycles. The van der Waals surface area contributed by atoms with E-state index in [4.69, 9.17) is 4.42 Å². The molecule has 0 unspecified atom stereocenters. The van der Waals surface area contributed by atoms with Gasteiger partial charge in [0.05, 0.1) is 11.1 Å². The molecule has 2 heterocycles. The Balaban J connectivity index is 2.15. The molecule has 0 bridgehead atoms. The van der Waals surface area contributed by atoms with Crippen molar-refractivity contribution in [2.45, 2.75) is 6.92 Å². The van der Waals surface area contributed by atoms with Gasteiger partial charge >= 0.3 is 0 Å². The molecular formula is C15H12N2O2. The molecule has 3 aromatic rings. The van der Waals surface area contributed by atoms with E-state index in [-0.39, 0.29) is 5.78 Å². The van der Waals surface area contributed by atoms with Crippen LogP contribution in [0.25, 0.3) is 11.0 Å². The zero-order chi connectivity index (χ0) is 13.2. The van der Waals surface area contributed by atoms with Gasteiger partial charge in [0.2, 0.25) is 0 Å². The Morgan fingerprint density at radius 2 is 2.00 bits per heavy atom. The first kappa shape index (κ1) is 11.5. The number of furan rings is 1. The number of carbonyl (C=O) groups excluding carboxylic acids is 1. The van der Waals surface area contributed by atoms with Crippen LogP contribution in [0.4, 0.5) is 11.4 Å². The van der Waals surface area contributed by atoms with E-state index < -0.39 is 0 Å². The Bertz CT molecular complexity index is 732. The van der Waals surface area contributed by atoms with Crippen molar-refractivity contribution < 1.29 is 9.21 Å². The molecule has 0 radical (unpaired) electrons. The normalized spacial score (nSPS) is 10.6. The number of Topliss-reactive ketones (excluding diaryl/α,β-unsaturated/α-hetero) is 1. The van der Waals surface area contributed by atoms with E-state index in [9.17, 15) is 4.79 Å². The molecule has 0 aliphatic rings. The van der Waals surface area contributed by atoms with Crippen LogP contribution in [0.1, 0.15) is 17.5 Å². The highest BCUT2D eigenvalue weighted by molar-refractivity contribution is 6.06. The average molecular weight is 252 g/mol. The van der Waals surface area contributed by atoms with Crippen LogP contribution in [0.5, 0.6) is 0 Å². The fraction of sp³-hybridized carbons (Fsp3) is 0.0667. The number of hydrogen-bond acceptors (Lipinski definition) is 4. The Kier molecular flexibility index (Phi) is 2.76. The van der Waals surface area contributed by atoms with Crippen LogP contribution in [-0.4, -0.2) is 10.8 Å². The highest BCUT2D eigenvalue weighted by Crippen LogP contribution is 2.32. The SMILES string of the molecule is CC(=O)c1oc2ccncc2c1Nc1ccccc1. The highest BCUT2D eigenvalue weighted by atomic mass is 16.3. The fourth-order valence-corrected chi connectivity index (χ4v) is 1.98. The largest absolute Gasteiger partial charge is 0.451 e. The van der Waals surface area contributed by atoms with Crippen LogP contribution >= 0.6 is 0 Å². The minimum atomic E-state index is -0.116. The smallest absolute Gasteiger partial charge is 0.197 e. The van der Waals surface area contributed by atoms with Crippen molar-refractivity contribution in [1.82, 2.24) is 4.98 Å². The number of para-hydroxylation sites is 1. The number of ketones is 1. The van der Waals surface area contributed by atoms with Gasteiger partial charge in [-0.25, -0.2) is 0 Å². The number of anilines is 2. The molecule has 0 fully saturated rings. The molecule has 3 rings (SSSR count). The van der Waals surface area contributed by atoms with E-state index in [0.717, 1.165) is 11.1 Å². The second-order valence-electron chi connectivity index (χ2n) is 4.23. The second-order valence-corrected chi connectivity index (χ2v) is 4.23. The van der Waals surface area contributed by atoms with Gasteiger partial charge in [0.1, 0.15) is 5.58 Å². The third-order valence-electron chi connectivity index (χ3n) is 2.85. The molecule has 1 N–H and O–H groups in total. The van der Waals surface area contributed by atoms with E-state index in [1.54, 1.807) is 18.5 Å². The summed E-state index contributed by atoms with van der Waals surface area (Å²) in [4.78, 5) is 15.7. The molecular weight excluding hydrogens is 240 g/mol. The lowest BCUT2D eigenvalue weighted by Gasteiger charge is -2.05. The molecule has 0 aliphatic heterocycles. The number of benzene rings is 1. The van der Waals surface area contributed by atoms with Crippen LogP contribution in [0, 0.1) is 0 Å². The first-order chi connectivity index (χ1) is 9.25. The molecule has 0 atom stereocenters. The van der Waals surface area contributed by atoms with E-state index in [2.05, 4.69) is 10.3 Å². The molecule has 0 saturated carbocycles. The van der Waals surface area contributed by atoms with Gasteiger partial charge in [-0.3, -0.25) is 9.78 Å². The van der Waals surface area contributed by atoms with Crippen molar-refractivity contribution in [2.24, 2.45) is 0 Å². The maximum absolute atomic E-state index is 11.7. The lowest BCUT2D eigenvalue weighted by molar-refractivity contribution is 0.0990. The summed E-state index contributed by atoms with van der Waals surface area (Å²) in [6.07, 6.45) is 3.33. The molecule has 2 aromatic heterocycles. The molecule has 19 heavy (non-hydrogen) atoms. The van der Waals surface area contributed by atoms with E-state index in [1.165, 1.54) is 6.92 Å². The summed E-state index contributed by atoms with van der Waals surface area (Å²) in [5, 5.41) is 4.02. The van der Waals surface area contributed by atoms with E-state index in [1.807, 2.05) is 30.3 Å². The van der Waals surface area contributed by atoms with E-state index in [0.29, 0.717) is 17.0 Å². The van der Waals surface area contributed by atoms with Crippen molar-refractivity contribution in [3.63, 3.8) is 0 Å². The quantitative estimate of drug-likeness (QED) is 0.721. The number of fused-ring (bicyclic) bond motifs is 1. The number of nitrogens with one attached hydrogen (secondary N) is 1. The van der Waals surface area contributed by atoms with Crippen molar-refractivity contribution in [2.75, 3.05) is 5.32 Å². The predicted molar refractivity (Wildman–Crippen MR) is 73.7 cm³/mol. The van der Waals surface area contributed by atoms with Gasteiger partial charge in [-0.15, -0.1) is 0 Å². The molecule has 0 amide bonds. The first-order valence-electron chi connectivity index (χ1n) is 5.95. The van der Waals surface area contributed by atoms with Crippen LogP contribution in [0.2, 0.25) is 0 Å². The van der Waals surface area contributed by atoms with Crippen LogP contribution < -0.4 is 5.32 Å². The van der Waals surface area contributed by atoms with Crippen molar-refractivity contribution >= 4 is 28.1 Å². The third-order valence-corrected chi connectivity index (χ3v) is 2.85. The summed E-state index contributed by atoms with van der Waals surface area (Å²) in [6, 6.07) is 11.4. The van der Waals surface area contributed by atoms with Gasteiger partial charge in [-0.1, -0.05) is 18.2 Å². The monoisotopic (exact) mass is 252 g/mol. The van der Waals surface area contributed by atoms with Crippen LogP contribution in [0.3, 0.4) is 0 Å². The topological polar surface area (TPSA) is 55.1 Å². The molecule has 0 spiro atoms. The Morgan fingerprint density at radius 3 is 2.74 bits per heavy atom. The molecule has 4 heteroatoms. The average Bonchev–Trinajstić information content (AvgIpc) is 2.79. The van der Waals surface area contributed by atoms with Crippen molar-refractivity contribution in [3.8, 4) is 0 Å². The first-order valence-corrected chi connectivity index (χ1v) is 5.95. The zero-order valence-electron chi connectivity index (χ0n) is 10.4. The highest BCUT2D eigenvalue weighted by Gasteiger charge is 2.17. The summed E-state index contributed by atoms with van der Waals surface area (Å²) < 4.78 is 5.58. The number of hydrogen-bond donors (Lipinski definition) is 1. The van der Waals surface area contributed by atoms with Crippen molar-refractivity contribution in [1.29, 1.82) is 0 Å². The summed E-state index contributed by atoms with van der Waals surface area (Å²) in [5.74, 6) is 0.210. The molecule has 0 saturated heterocycles. The third kappa shape index (κ3) is 2.08. The number of aromatic nitrogens is 1. The minimum absolute atomic E-state index is 0.116. The van der Waals surface area contributed by atoms with Crippen molar-refractivity contribution in [3.05, 3.63) is 54.6 Å². The van der Waals surface area contributed by atoms with Gasteiger partial charge in [0.25, 0.3) is 0 Å². The summed E-state index contributed by atoms with van der Waals surface area (Å²) in [7, 11) is 0. The van der Waals surface area contributed by atoms with Crippen LogP contribution in [0.15, 0.2) is 53.2 Å². The second kappa shape index (κ2) is 4.57. The minimum Gasteiger partial charge on any atom is -0.451 e. The van der Waals surface area contributed by atoms with Gasteiger partial charge in [0, 0.05) is 25.0 Å². The zero-order valence-corrected chi connectivity index (χ0v) is 10.4. The fourth-order valence-electron chi connectivity index (χ4n) is 1.98. The Labute approximate surface area is 110 Å². The molecule has 4 nitrogen and oxygen atoms in total. The van der Waals surface area contributed by atoms with Gasteiger partial charge in [-0.2, -0.15) is 0 Å². The lowest BCUT2D eigenvalue weighted by Crippen LogP contribution is -1.97. The van der Waals surface area contributed by atoms with Gasteiger partial charge < -0.3 is 9.73 Å². The van der Waals surface area contributed by atoms with E-state index >= 15 is 0 Å². The van der Waals surface area contributed by atoms with Gasteiger partial charge in [-0.05, 0) is 18.2 Å². The molecule has 94 valence electrons. The maximum atomic E-state index is 11.7. The predicted octanol–water partition coefficient (Wildman–Crippen LogP) is 3.77.